The van der Waals surface area contributed by atoms with Crippen molar-refractivity contribution in [2.24, 2.45) is 0 Å². The fourth-order valence-corrected chi connectivity index (χ4v) is 2.83. The molecule has 3 aromatic heterocycles. The van der Waals surface area contributed by atoms with Crippen LogP contribution in [0.3, 0.4) is 0 Å². The Balaban J connectivity index is 1.79. The largest absolute Gasteiger partial charge is 0.493 e. The number of aromatic nitrogens is 5. The van der Waals surface area contributed by atoms with Crippen LogP contribution in [0.15, 0.2) is 49.3 Å². The van der Waals surface area contributed by atoms with Gasteiger partial charge in [0.25, 0.3) is 0 Å². The molecule has 0 saturated carbocycles. The summed E-state index contributed by atoms with van der Waals surface area (Å²) in [5.74, 6) is 1.68. The normalized spacial score (nSPS) is 10.9. The minimum absolute atomic E-state index is 0.334. The van der Waals surface area contributed by atoms with Crippen LogP contribution in [0.1, 0.15) is 6.92 Å². The van der Waals surface area contributed by atoms with E-state index in [1.807, 2.05) is 41.9 Å². The van der Waals surface area contributed by atoms with Crippen molar-refractivity contribution in [3.05, 3.63) is 49.3 Å². The van der Waals surface area contributed by atoms with Crippen molar-refractivity contribution >= 4 is 11.5 Å². The average molecular weight is 362 g/mol. The third-order valence-electron chi connectivity index (χ3n) is 4.08. The van der Waals surface area contributed by atoms with Crippen molar-refractivity contribution in [1.82, 2.24) is 24.3 Å². The van der Waals surface area contributed by atoms with E-state index in [2.05, 4.69) is 19.9 Å². The Kier molecular flexibility index (Phi) is 4.29. The molecule has 0 radical (unpaired) electrons. The van der Waals surface area contributed by atoms with Crippen molar-refractivity contribution in [1.29, 1.82) is 0 Å². The zero-order valence-electron chi connectivity index (χ0n) is 15.0. The highest BCUT2D eigenvalue weighted by atomic mass is 16.5. The van der Waals surface area contributed by atoms with Gasteiger partial charge in [0.05, 0.1) is 25.1 Å². The van der Waals surface area contributed by atoms with Gasteiger partial charge in [-0.1, -0.05) is 0 Å². The quantitative estimate of drug-likeness (QED) is 0.582. The molecule has 0 fully saturated rings. The standard InChI is InChI=1S/C19H18N6O2/c1-3-27-16-5-4-12(6-17(16)26-2)14-9-25-10-15(13-7-21-11-22-8-13)23-18(20)19(25)24-14/h4-11H,3H2,1-2H3,(H2,20,23). The molecule has 2 N–H and O–H groups in total. The van der Waals surface area contributed by atoms with Crippen LogP contribution in [0, 0.1) is 0 Å². The molecule has 1 aromatic carbocycles. The first kappa shape index (κ1) is 16.8. The van der Waals surface area contributed by atoms with E-state index in [0.717, 1.165) is 16.8 Å². The summed E-state index contributed by atoms with van der Waals surface area (Å²) in [6.45, 7) is 2.50. The van der Waals surface area contributed by atoms with Crippen LogP contribution in [0.5, 0.6) is 11.5 Å². The number of rotatable bonds is 5. The lowest BCUT2D eigenvalue weighted by Gasteiger charge is -2.09. The molecule has 0 atom stereocenters. The molecule has 136 valence electrons. The zero-order valence-corrected chi connectivity index (χ0v) is 15.0. The lowest BCUT2D eigenvalue weighted by Crippen LogP contribution is -1.99. The molecule has 0 saturated heterocycles. The van der Waals surface area contributed by atoms with Gasteiger partial charge in [-0.25, -0.2) is 19.9 Å². The summed E-state index contributed by atoms with van der Waals surface area (Å²) >= 11 is 0. The number of hydrogen-bond donors (Lipinski definition) is 1. The van der Waals surface area contributed by atoms with Gasteiger partial charge in [-0.05, 0) is 25.1 Å². The fraction of sp³-hybridized carbons (Fsp3) is 0.158. The first-order valence-electron chi connectivity index (χ1n) is 8.41. The molecular formula is C19H18N6O2. The monoisotopic (exact) mass is 362 g/mol. The summed E-state index contributed by atoms with van der Waals surface area (Å²) in [5.41, 5.74) is 9.81. The van der Waals surface area contributed by atoms with Crippen LogP contribution in [0.4, 0.5) is 5.82 Å². The molecule has 0 aliphatic rings. The van der Waals surface area contributed by atoms with Crippen molar-refractivity contribution in [2.75, 3.05) is 19.5 Å². The topological polar surface area (TPSA) is 100 Å². The number of benzene rings is 1. The fourth-order valence-electron chi connectivity index (χ4n) is 2.83. The molecule has 0 spiro atoms. The molecule has 8 heteroatoms. The first-order valence-corrected chi connectivity index (χ1v) is 8.41. The van der Waals surface area contributed by atoms with Crippen molar-refractivity contribution in [3.63, 3.8) is 0 Å². The number of fused-ring (bicyclic) bond motifs is 1. The zero-order chi connectivity index (χ0) is 18.8. The summed E-state index contributed by atoms with van der Waals surface area (Å²) in [5, 5.41) is 0. The third kappa shape index (κ3) is 3.12. The smallest absolute Gasteiger partial charge is 0.180 e. The SMILES string of the molecule is CCOc1ccc(-c2cn3cc(-c4cncnc4)nc(N)c3n2)cc1OC. The van der Waals surface area contributed by atoms with Gasteiger partial charge in [0.1, 0.15) is 6.33 Å². The molecule has 27 heavy (non-hydrogen) atoms. The second-order valence-electron chi connectivity index (χ2n) is 5.79. The molecule has 0 aliphatic carbocycles. The van der Waals surface area contributed by atoms with E-state index in [9.17, 15) is 0 Å². The molecular weight excluding hydrogens is 344 g/mol. The van der Waals surface area contributed by atoms with E-state index in [1.165, 1.54) is 6.33 Å². The summed E-state index contributed by atoms with van der Waals surface area (Å²) in [6, 6.07) is 5.70. The Bertz CT molecular complexity index is 1090. The third-order valence-corrected chi connectivity index (χ3v) is 4.08. The number of hydrogen-bond acceptors (Lipinski definition) is 7. The lowest BCUT2D eigenvalue weighted by atomic mass is 10.1. The highest BCUT2D eigenvalue weighted by Gasteiger charge is 2.13. The molecule has 0 unspecified atom stereocenters. The maximum Gasteiger partial charge on any atom is 0.180 e. The highest BCUT2D eigenvalue weighted by molar-refractivity contribution is 5.72. The first-order chi connectivity index (χ1) is 13.2. The Morgan fingerprint density at radius 2 is 1.74 bits per heavy atom. The molecule has 0 bridgehead atoms. The number of nitrogen functional groups attached to an aromatic ring is 1. The Hall–Kier alpha value is -3.68. The minimum atomic E-state index is 0.334. The second-order valence-corrected chi connectivity index (χ2v) is 5.79. The number of ether oxygens (including phenoxy) is 2. The van der Waals surface area contributed by atoms with Crippen LogP contribution in [-0.2, 0) is 0 Å². The second kappa shape index (κ2) is 6.91. The van der Waals surface area contributed by atoms with Gasteiger partial charge >= 0.3 is 0 Å². The van der Waals surface area contributed by atoms with Crippen LogP contribution in [-0.4, -0.2) is 38.1 Å². The van der Waals surface area contributed by atoms with Crippen molar-refractivity contribution in [3.8, 4) is 34.0 Å². The van der Waals surface area contributed by atoms with E-state index in [1.54, 1.807) is 19.5 Å². The molecule has 4 rings (SSSR count). The molecule has 0 amide bonds. The van der Waals surface area contributed by atoms with Crippen molar-refractivity contribution in [2.45, 2.75) is 6.92 Å². The number of imidazole rings is 1. The van der Waals surface area contributed by atoms with Gasteiger partial charge in [0.15, 0.2) is 23.0 Å². The summed E-state index contributed by atoms with van der Waals surface area (Å²) in [7, 11) is 1.61. The summed E-state index contributed by atoms with van der Waals surface area (Å²) in [6.07, 6.45) is 8.61. The van der Waals surface area contributed by atoms with Gasteiger partial charge < -0.3 is 19.6 Å². The van der Waals surface area contributed by atoms with E-state index in [4.69, 9.17) is 15.2 Å². The van der Waals surface area contributed by atoms with E-state index >= 15 is 0 Å². The van der Waals surface area contributed by atoms with Crippen LogP contribution in [0.25, 0.3) is 28.2 Å². The van der Waals surface area contributed by atoms with Gasteiger partial charge in [-0.2, -0.15) is 0 Å². The van der Waals surface area contributed by atoms with E-state index in [0.29, 0.717) is 35.3 Å². The number of nitrogens with zero attached hydrogens (tertiary/aromatic N) is 5. The summed E-state index contributed by atoms with van der Waals surface area (Å²) < 4.78 is 12.8. The van der Waals surface area contributed by atoms with Crippen LogP contribution >= 0.6 is 0 Å². The Labute approximate surface area is 155 Å². The lowest BCUT2D eigenvalue weighted by molar-refractivity contribution is 0.311. The average Bonchev–Trinajstić information content (AvgIpc) is 3.14. The molecule has 3 heterocycles. The van der Waals surface area contributed by atoms with Gasteiger partial charge in [-0.15, -0.1) is 0 Å². The number of anilines is 1. The number of nitrogens with two attached hydrogens (primary N) is 1. The molecule has 8 nitrogen and oxygen atoms in total. The highest BCUT2D eigenvalue weighted by Crippen LogP contribution is 2.33. The van der Waals surface area contributed by atoms with Gasteiger partial charge in [0.2, 0.25) is 0 Å². The summed E-state index contributed by atoms with van der Waals surface area (Å²) in [4.78, 5) is 17.1. The molecule has 0 aliphatic heterocycles. The Morgan fingerprint density at radius 3 is 2.44 bits per heavy atom. The predicted octanol–water partition coefficient (Wildman–Crippen LogP) is 2.84. The van der Waals surface area contributed by atoms with Gasteiger partial charge in [0, 0.05) is 35.9 Å². The Morgan fingerprint density at radius 1 is 1.00 bits per heavy atom. The molecule has 4 aromatic rings. The maximum absolute atomic E-state index is 6.13. The van der Waals surface area contributed by atoms with Crippen LogP contribution < -0.4 is 15.2 Å². The maximum atomic E-state index is 6.13. The minimum Gasteiger partial charge on any atom is -0.493 e. The van der Waals surface area contributed by atoms with E-state index in [-0.39, 0.29) is 0 Å². The van der Waals surface area contributed by atoms with Crippen molar-refractivity contribution < 1.29 is 9.47 Å². The predicted molar refractivity (Wildman–Crippen MR) is 102 cm³/mol. The van der Waals surface area contributed by atoms with E-state index < -0.39 is 0 Å². The van der Waals surface area contributed by atoms with Crippen LogP contribution in [0.2, 0.25) is 0 Å². The number of methoxy groups -OCH3 is 1. The van der Waals surface area contributed by atoms with Gasteiger partial charge in [-0.3, -0.25) is 0 Å².